The summed E-state index contributed by atoms with van der Waals surface area (Å²) in [5.74, 6) is 0. The minimum absolute atomic E-state index is 0.0636. The fourth-order valence-electron chi connectivity index (χ4n) is 2.17. The number of hydrogen-bond donors (Lipinski definition) is 1. The van der Waals surface area contributed by atoms with Crippen LogP contribution in [0.3, 0.4) is 0 Å². The van der Waals surface area contributed by atoms with E-state index in [0.717, 1.165) is 11.6 Å². The summed E-state index contributed by atoms with van der Waals surface area (Å²) in [6, 6.07) is 0.292. The fraction of sp³-hybridized carbons (Fsp3) is 0.800. The summed E-state index contributed by atoms with van der Waals surface area (Å²) >= 11 is 1.52. The lowest BCUT2D eigenvalue weighted by Gasteiger charge is -2.27. The number of nitrogens with one attached hydrogen (secondary N) is 1. The van der Waals surface area contributed by atoms with Crippen LogP contribution >= 0.6 is 11.3 Å². The Morgan fingerprint density at radius 1 is 1.47 bits per heavy atom. The van der Waals surface area contributed by atoms with Crippen molar-refractivity contribution in [1.82, 2.24) is 10.2 Å². The molecule has 1 fully saturated rings. The molecule has 2 heterocycles. The first kappa shape index (κ1) is 10.8. The van der Waals surface area contributed by atoms with Gasteiger partial charge < -0.3 is 10.1 Å². The smallest absolute Gasteiger partial charge is 0.205 e. The monoisotopic (exact) mass is 227 g/mol. The van der Waals surface area contributed by atoms with Crippen molar-refractivity contribution in [3.63, 3.8) is 0 Å². The largest absolute Gasteiger partial charge is 0.367 e. The Hall–Kier alpha value is -0.680. The summed E-state index contributed by atoms with van der Waals surface area (Å²) in [7, 11) is 0. The lowest BCUT2D eigenvalue weighted by atomic mass is 9.95. The van der Waals surface area contributed by atoms with E-state index >= 15 is 0 Å². The van der Waals surface area contributed by atoms with E-state index in [9.17, 15) is 0 Å². The molecule has 15 heavy (non-hydrogen) atoms. The molecule has 1 aliphatic rings. The average Bonchev–Trinajstić information content (AvgIpc) is 2.58. The van der Waals surface area contributed by atoms with Gasteiger partial charge in [0.1, 0.15) is 5.51 Å². The predicted molar refractivity (Wildman–Crippen MR) is 61.2 cm³/mol. The van der Waals surface area contributed by atoms with Gasteiger partial charge in [0.05, 0.1) is 17.2 Å². The van der Waals surface area contributed by atoms with Gasteiger partial charge in [-0.05, 0) is 34.1 Å². The van der Waals surface area contributed by atoms with E-state index in [1.165, 1.54) is 11.3 Å². The molecule has 1 saturated heterocycles. The maximum Gasteiger partial charge on any atom is 0.205 e. The van der Waals surface area contributed by atoms with Crippen LogP contribution in [0, 0.1) is 0 Å². The van der Waals surface area contributed by atoms with Crippen molar-refractivity contribution < 1.29 is 4.74 Å². The van der Waals surface area contributed by atoms with E-state index in [-0.39, 0.29) is 11.2 Å². The first-order valence-electron chi connectivity index (χ1n) is 5.12. The number of rotatable bonds is 2. The number of aromatic nitrogens is 2. The first-order chi connectivity index (χ1) is 6.89. The van der Waals surface area contributed by atoms with Crippen LogP contribution < -0.4 is 5.32 Å². The SMILES string of the molecule is CC1(C)CC(Nc2nncs2)C(C)(C)O1. The summed E-state index contributed by atoms with van der Waals surface area (Å²) in [4.78, 5) is 0. The number of ether oxygens (including phenoxy) is 1. The van der Waals surface area contributed by atoms with Crippen LogP contribution in [-0.4, -0.2) is 27.4 Å². The molecule has 0 bridgehead atoms. The van der Waals surface area contributed by atoms with Crippen molar-refractivity contribution in [2.24, 2.45) is 0 Å². The van der Waals surface area contributed by atoms with Crippen LogP contribution in [0.2, 0.25) is 0 Å². The second kappa shape index (κ2) is 3.42. The van der Waals surface area contributed by atoms with E-state index in [1.807, 2.05) is 0 Å². The quantitative estimate of drug-likeness (QED) is 0.842. The molecule has 1 N–H and O–H groups in total. The Morgan fingerprint density at radius 3 is 2.67 bits per heavy atom. The van der Waals surface area contributed by atoms with Crippen LogP contribution in [0.15, 0.2) is 5.51 Å². The van der Waals surface area contributed by atoms with Crippen molar-refractivity contribution in [1.29, 1.82) is 0 Å². The predicted octanol–water partition coefficient (Wildman–Crippen LogP) is 2.30. The number of hydrogen-bond acceptors (Lipinski definition) is 5. The molecule has 1 aliphatic heterocycles. The molecular formula is C10H17N3OS. The van der Waals surface area contributed by atoms with Crippen molar-refractivity contribution >= 4 is 16.5 Å². The number of nitrogens with zero attached hydrogens (tertiary/aromatic N) is 2. The molecule has 0 spiro atoms. The Balaban J connectivity index is 2.10. The van der Waals surface area contributed by atoms with E-state index in [1.54, 1.807) is 5.51 Å². The van der Waals surface area contributed by atoms with E-state index in [0.29, 0.717) is 6.04 Å². The van der Waals surface area contributed by atoms with Gasteiger partial charge in [-0.25, -0.2) is 0 Å². The Bertz CT molecular complexity index is 334. The molecule has 0 aromatic carbocycles. The normalized spacial score (nSPS) is 27.9. The highest BCUT2D eigenvalue weighted by Crippen LogP contribution is 2.38. The molecule has 0 saturated carbocycles. The van der Waals surface area contributed by atoms with Gasteiger partial charge in [-0.2, -0.15) is 0 Å². The van der Waals surface area contributed by atoms with E-state index in [4.69, 9.17) is 4.74 Å². The molecule has 0 aliphatic carbocycles. The third-order valence-corrected chi connectivity index (χ3v) is 3.35. The molecule has 4 nitrogen and oxygen atoms in total. The van der Waals surface area contributed by atoms with Gasteiger partial charge in [-0.15, -0.1) is 10.2 Å². The molecular weight excluding hydrogens is 210 g/mol. The fourth-order valence-corrected chi connectivity index (χ4v) is 2.67. The molecule has 1 unspecified atom stereocenters. The van der Waals surface area contributed by atoms with Gasteiger partial charge in [0, 0.05) is 0 Å². The molecule has 1 aromatic rings. The molecule has 84 valence electrons. The van der Waals surface area contributed by atoms with Gasteiger partial charge in [0.2, 0.25) is 5.13 Å². The molecule has 2 rings (SSSR count). The van der Waals surface area contributed by atoms with Crippen molar-refractivity contribution in [3.05, 3.63) is 5.51 Å². The van der Waals surface area contributed by atoms with E-state index in [2.05, 4.69) is 43.2 Å². The second-order valence-corrected chi connectivity index (χ2v) is 5.94. The summed E-state index contributed by atoms with van der Waals surface area (Å²) in [5.41, 5.74) is 1.51. The van der Waals surface area contributed by atoms with Crippen molar-refractivity contribution in [2.45, 2.75) is 51.4 Å². The highest BCUT2D eigenvalue weighted by molar-refractivity contribution is 7.13. The minimum Gasteiger partial charge on any atom is -0.367 e. The van der Waals surface area contributed by atoms with Gasteiger partial charge in [0.25, 0.3) is 0 Å². The highest BCUT2D eigenvalue weighted by Gasteiger charge is 2.46. The molecule has 0 amide bonds. The maximum absolute atomic E-state index is 5.99. The average molecular weight is 227 g/mol. The lowest BCUT2D eigenvalue weighted by Crippen LogP contribution is -2.38. The molecule has 1 aromatic heterocycles. The van der Waals surface area contributed by atoms with Gasteiger partial charge >= 0.3 is 0 Å². The van der Waals surface area contributed by atoms with Gasteiger partial charge in [-0.1, -0.05) is 11.3 Å². The summed E-state index contributed by atoms with van der Waals surface area (Å²) in [6.07, 6.45) is 0.986. The third kappa shape index (κ3) is 2.29. The van der Waals surface area contributed by atoms with Crippen LogP contribution in [0.25, 0.3) is 0 Å². The zero-order valence-corrected chi connectivity index (χ0v) is 10.4. The number of anilines is 1. The zero-order valence-electron chi connectivity index (χ0n) is 9.57. The van der Waals surface area contributed by atoms with E-state index < -0.39 is 0 Å². The van der Waals surface area contributed by atoms with Crippen LogP contribution in [0.1, 0.15) is 34.1 Å². The Labute approximate surface area is 94.1 Å². The molecule has 1 atom stereocenters. The Morgan fingerprint density at radius 2 is 2.20 bits per heavy atom. The van der Waals surface area contributed by atoms with Crippen LogP contribution in [-0.2, 0) is 4.74 Å². The Kier molecular flexibility index (Phi) is 2.47. The lowest BCUT2D eigenvalue weighted by molar-refractivity contribution is -0.0662. The van der Waals surface area contributed by atoms with Gasteiger partial charge in [-0.3, -0.25) is 0 Å². The molecule has 0 radical (unpaired) electrons. The third-order valence-electron chi connectivity index (χ3n) is 2.73. The summed E-state index contributed by atoms with van der Waals surface area (Å²) in [5, 5.41) is 12.1. The van der Waals surface area contributed by atoms with Crippen LogP contribution in [0.4, 0.5) is 5.13 Å². The van der Waals surface area contributed by atoms with Crippen molar-refractivity contribution in [3.8, 4) is 0 Å². The summed E-state index contributed by atoms with van der Waals surface area (Å²) < 4.78 is 5.99. The highest BCUT2D eigenvalue weighted by atomic mass is 32.1. The minimum atomic E-state index is -0.158. The molecule has 5 heteroatoms. The standard InChI is InChI=1S/C10H17N3OS/c1-9(2)5-7(10(3,4)14-9)12-8-13-11-6-15-8/h6-7H,5H2,1-4H3,(H,12,13). The maximum atomic E-state index is 5.99. The first-order valence-corrected chi connectivity index (χ1v) is 6.00. The van der Waals surface area contributed by atoms with Crippen molar-refractivity contribution in [2.75, 3.05) is 5.32 Å². The topological polar surface area (TPSA) is 47.0 Å². The zero-order chi connectivity index (χ0) is 11.1. The summed E-state index contributed by atoms with van der Waals surface area (Å²) in [6.45, 7) is 8.47. The van der Waals surface area contributed by atoms with Gasteiger partial charge in [0.15, 0.2) is 0 Å². The second-order valence-electron chi connectivity index (χ2n) is 5.11. The van der Waals surface area contributed by atoms with Crippen LogP contribution in [0.5, 0.6) is 0 Å².